The third-order valence-corrected chi connectivity index (χ3v) is 6.91. The van der Waals surface area contributed by atoms with E-state index < -0.39 is 13.4 Å². The summed E-state index contributed by atoms with van der Waals surface area (Å²) in [4.78, 5) is 14.7. The number of carbonyl (C=O) groups is 1. The number of benzene rings is 1. The van der Waals surface area contributed by atoms with Crippen LogP contribution in [0.25, 0.3) is 0 Å². The molecule has 208 valence electrons. The van der Waals surface area contributed by atoms with Crippen molar-refractivity contribution in [1.82, 2.24) is 4.90 Å². The standard InChI is InChI=1S/C30H50BNO5/c1-3-4-5-6-7-8-9-10-11-12-13-14-15-16-20-23-30(33)32-24-25-35-31(34)37-29(26-32)27(2)36-28-21-18-17-19-22-28/h10-11,17-19,21-22,27,29,34H,3-9,12-16,20,23-26H2,1-2H3. The molecule has 1 N–H and O–H groups in total. The molecule has 0 aromatic heterocycles. The van der Waals surface area contributed by atoms with Crippen LogP contribution in [-0.4, -0.2) is 55.1 Å². The Labute approximate surface area is 225 Å². The first-order chi connectivity index (χ1) is 18.1. The van der Waals surface area contributed by atoms with Crippen LogP contribution < -0.4 is 4.74 Å². The van der Waals surface area contributed by atoms with Crippen molar-refractivity contribution >= 4 is 13.2 Å². The fraction of sp³-hybridized carbons (Fsp3) is 0.700. The average molecular weight is 516 g/mol. The van der Waals surface area contributed by atoms with Gasteiger partial charge in [0, 0.05) is 19.5 Å². The molecule has 1 fully saturated rings. The zero-order valence-electron chi connectivity index (χ0n) is 23.3. The summed E-state index contributed by atoms with van der Waals surface area (Å²) in [5, 5.41) is 9.97. The largest absolute Gasteiger partial charge is 0.637 e. The number of hydrogen-bond donors (Lipinski definition) is 1. The Morgan fingerprint density at radius 3 is 2.32 bits per heavy atom. The molecule has 1 saturated heterocycles. The summed E-state index contributed by atoms with van der Waals surface area (Å²) in [6, 6.07) is 9.49. The number of para-hydroxylation sites is 1. The van der Waals surface area contributed by atoms with Gasteiger partial charge in [0.15, 0.2) is 0 Å². The molecule has 0 bridgehead atoms. The second-order valence-corrected chi connectivity index (χ2v) is 10.2. The highest BCUT2D eigenvalue weighted by Gasteiger charge is 2.32. The van der Waals surface area contributed by atoms with Crippen LogP contribution in [0.2, 0.25) is 0 Å². The summed E-state index contributed by atoms with van der Waals surface area (Å²) in [6.07, 6.45) is 20.5. The van der Waals surface area contributed by atoms with Gasteiger partial charge in [0.25, 0.3) is 0 Å². The predicted molar refractivity (Wildman–Crippen MR) is 151 cm³/mol. The van der Waals surface area contributed by atoms with E-state index in [4.69, 9.17) is 14.0 Å². The molecule has 6 nitrogen and oxygen atoms in total. The van der Waals surface area contributed by atoms with E-state index >= 15 is 0 Å². The molecule has 0 aliphatic carbocycles. The van der Waals surface area contributed by atoms with Crippen LogP contribution in [0, 0.1) is 0 Å². The minimum atomic E-state index is -1.31. The Hall–Kier alpha value is -1.83. The van der Waals surface area contributed by atoms with Crippen LogP contribution in [0.5, 0.6) is 5.75 Å². The van der Waals surface area contributed by atoms with Crippen molar-refractivity contribution in [3.63, 3.8) is 0 Å². The highest BCUT2D eigenvalue weighted by atomic mass is 16.7. The molecule has 0 radical (unpaired) electrons. The minimum absolute atomic E-state index is 0.109. The van der Waals surface area contributed by atoms with Gasteiger partial charge in [-0.25, -0.2) is 0 Å². The number of amides is 1. The van der Waals surface area contributed by atoms with E-state index in [0.29, 0.717) is 19.5 Å². The van der Waals surface area contributed by atoms with E-state index in [2.05, 4.69) is 19.1 Å². The Balaban J connectivity index is 1.58. The molecule has 1 aromatic rings. The molecule has 7 heteroatoms. The Kier molecular flexibility index (Phi) is 17.1. The van der Waals surface area contributed by atoms with Gasteiger partial charge in [0.1, 0.15) is 11.9 Å². The van der Waals surface area contributed by atoms with Crippen LogP contribution >= 0.6 is 0 Å². The third-order valence-electron chi connectivity index (χ3n) is 6.91. The number of rotatable bonds is 18. The zero-order chi connectivity index (χ0) is 26.6. The van der Waals surface area contributed by atoms with Gasteiger partial charge in [-0.2, -0.15) is 0 Å². The molecule has 37 heavy (non-hydrogen) atoms. The van der Waals surface area contributed by atoms with Crippen LogP contribution in [0.15, 0.2) is 42.5 Å². The number of unbranched alkanes of at least 4 members (excludes halogenated alkanes) is 11. The van der Waals surface area contributed by atoms with E-state index in [1.165, 1.54) is 70.6 Å². The van der Waals surface area contributed by atoms with Gasteiger partial charge in [-0.3, -0.25) is 4.79 Å². The van der Waals surface area contributed by atoms with Gasteiger partial charge in [0.2, 0.25) is 5.91 Å². The molecule has 2 unspecified atom stereocenters. The number of nitrogens with zero attached hydrogens (tertiary/aromatic N) is 1. The molecule has 2 rings (SSSR count). The molecule has 1 amide bonds. The lowest BCUT2D eigenvalue weighted by Crippen LogP contribution is -2.50. The lowest BCUT2D eigenvalue weighted by Gasteiger charge is -2.34. The van der Waals surface area contributed by atoms with Crippen molar-refractivity contribution in [3.8, 4) is 5.75 Å². The van der Waals surface area contributed by atoms with Gasteiger partial charge < -0.3 is 24.0 Å². The normalized spacial score (nSPS) is 17.5. The van der Waals surface area contributed by atoms with E-state index in [0.717, 1.165) is 18.6 Å². The second kappa shape index (κ2) is 20.2. The summed E-state index contributed by atoms with van der Waals surface area (Å²) >= 11 is 0. The lowest BCUT2D eigenvalue weighted by atomic mass is 10.1. The maximum absolute atomic E-state index is 12.9. The first-order valence-corrected chi connectivity index (χ1v) is 14.7. The van der Waals surface area contributed by atoms with Crippen molar-refractivity contribution in [1.29, 1.82) is 0 Å². The summed E-state index contributed by atoms with van der Waals surface area (Å²) in [6.45, 7) is 5.22. The average Bonchev–Trinajstić information content (AvgIpc) is 2.88. The number of ether oxygens (including phenoxy) is 1. The Bertz CT molecular complexity index is 732. The van der Waals surface area contributed by atoms with Gasteiger partial charge in [-0.15, -0.1) is 0 Å². The maximum atomic E-state index is 12.9. The van der Waals surface area contributed by atoms with Gasteiger partial charge in [-0.05, 0) is 51.2 Å². The van der Waals surface area contributed by atoms with Crippen molar-refractivity contribution in [2.24, 2.45) is 0 Å². The van der Waals surface area contributed by atoms with Gasteiger partial charge in [-0.1, -0.05) is 88.6 Å². The van der Waals surface area contributed by atoms with Crippen molar-refractivity contribution in [2.75, 3.05) is 19.7 Å². The predicted octanol–water partition coefficient (Wildman–Crippen LogP) is 6.71. The van der Waals surface area contributed by atoms with Crippen molar-refractivity contribution in [3.05, 3.63) is 42.5 Å². The summed E-state index contributed by atoms with van der Waals surface area (Å²) < 4.78 is 16.9. The lowest BCUT2D eigenvalue weighted by molar-refractivity contribution is -0.135. The van der Waals surface area contributed by atoms with E-state index in [9.17, 15) is 9.82 Å². The first kappa shape index (κ1) is 31.4. The summed E-state index contributed by atoms with van der Waals surface area (Å²) in [7, 11) is -1.31. The van der Waals surface area contributed by atoms with Crippen LogP contribution in [0.1, 0.15) is 104 Å². The second-order valence-electron chi connectivity index (χ2n) is 10.2. The van der Waals surface area contributed by atoms with E-state index in [1.807, 2.05) is 37.3 Å². The molecule has 1 aromatic carbocycles. The molecular weight excluding hydrogens is 465 g/mol. The SMILES string of the molecule is CCCCCCCCC=CCCCCCCCC(=O)N1CCOB(O)OC(C(C)Oc2ccccc2)C1. The van der Waals surface area contributed by atoms with Crippen LogP contribution in [0.4, 0.5) is 0 Å². The monoisotopic (exact) mass is 515 g/mol. The summed E-state index contributed by atoms with van der Waals surface area (Å²) in [5.41, 5.74) is 0. The van der Waals surface area contributed by atoms with Gasteiger partial charge in [0.05, 0.1) is 12.7 Å². The molecule has 1 heterocycles. The molecule has 0 spiro atoms. The molecular formula is C30H50BNO5. The van der Waals surface area contributed by atoms with E-state index in [-0.39, 0.29) is 18.6 Å². The molecule has 0 saturated carbocycles. The van der Waals surface area contributed by atoms with Crippen molar-refractivity contribution in [2.45, 2.75) is 116 Å². The third kappa shape index (κ3) is 14.6. The fourth-order valence-electron chi connectivity index (χ4n) is 4.58. The molecule has 1 aliphatic rings. The highest BCUT2D eigenvalue weighted by Crippen LogP contribution is 2.17. The van der Waals surface area contributed by atoms with Crippen LogP contribution in [-0.2, 0) is 14.1 Å². The molecule has 2 atom stereocenters. The highest BCUT2D eigenvalue weighted by molar-refractivity contribution is 6.34. The van der Waals surface area contributed by atoms with Crippen LogP contribution in [0.3, 0.4) is 0 Å². The number of hydrogen-bond acceptors (Lipinski definition) is 5. The Morgan fingerprint density at radius 1 is 1.03 bits per heavy atom. The Morgan fingerprint density at radius 2 is 1.65 bits per heavy atom. The zero-order valence-corrected chi connectivity index (χ0v) is 23.3. The minimum Gasteiger partial charge on any atom is -0.488 e. The van der Waals surface area contributed by atoms with Crippen molar-refractivity contribution < 1.29 is 23.9 Å². The maximum Gasteiger partial charge on any atom is 0.637 e. The fourth-order valence-corrected chi connectivity index (χ4v) is 4.58. The smallest absolute Gasteiger partial charge is 0.488 e. The topological polar surface area (TPSA) is 68.2 Å². The quantitative estimate of drug-likeness (QED) is 0.134. The van der Waals surface area contributed by atoms with Gasteiger partial charge >= 0.3 is 7.32 Å². The van der Waals surface area contributed by atoms with E-state index in [1.54, 1.807) is 4.90 Å². The first-order valence-electron chi connectivity index (χ1n) is 14.7. The number of allylic oxidation sites excluding steroid dienone is 2. The summed E-state index contributed by atoms with van der Waals surface area (Å²) in [5.74, 6) is 0.834. The molecule has 1 aliphatic heterocycles. The number of carbonyl (C=O) groups excluding carboxylic acids is 1.